The molecule has 0 amide bonds. The van der Waals surface area contributed by atoms with Crippen LogP contribution in [0.1, 0.15) is 11.3 Å². The lowest BCUT2D eigenvalue weighted by molar-refractivity contribution is 0.815. The summed E-state index contributed by atoms with van der Waals surface area (Å²) in [7, 11) is 0. The van der Waals surface area contributed by atoms with Crippen LogP contribution in [0.2, 0.25) is 0 Å². The van der Waals surface area contributed by atoms with Gasteiger partial charge in [0.05, 0.1) is 5.69 Å². The Kier molecular flexibility index (Phi) is 2.92. The molecule has 0 fully saturated rings. The van der Waals surface area contributed by atoms with Crippen molar-refractivity contribution in [3.8, 4) is 5.69 Å². The first-order valence-electron chi connectivity index (χ1n) is 5.29. The fraction of sp³-hybridized carbons (Fsp3) is 0.250. The summed E-state index contributed by atoms with van der Waals surface area (Å²) in [6.07, 6.45) is 0.765. The molecule has 2 rings (SSSR count). The van der Waals surface area contributed by atoms with E-state index in [2.05, 4.69) is 5.10 Å². The van der Waals surface area contributed by atoms with E-state index in [9.17, 15) is 4.79 Å². The van der Waals surface area contributed by atoms with Crippen molar-refractivity contribution in [2.24, 2.45) is 5.73 Å². The smallest absolute Gasteiger partial charge is 0.271 e. The van der Waals surface area contributed by atoms with Gasteiger partial charge in [0.25, 0.3) is 5.56 Å². The Balaban J connectivity index is 2.55. The lowest BCUT2D eigenvalue weighted by Gasteiger charge is -2.08. The third-order valence-electron chi connectivity index (χ3n) is 2.49. The topological polar surface area (TPSA) is 63.8 Å². The number of nitrogens with two attached hydrogens (primary N) is 1. The fourth-order valence-electron chi connectivity index (χ4n) is 1.79. The summed E-state index contributed by atoms with van der Waals surface area (Å²) in [6, 6.07) is 9.36. The van der Waals surface area contributed by atoms with Gasteiger partial charge < -0.3 is 5.73 Å². The van der Waals surface area contributed by atoms with Crippen LogP contribution < -0.4 is 11.3 Å². The minimum absolute atomic E-state index is 0.0398. The standard InChI is InChI=1S/C12H15N3O/c1-9-8-12(16)15(14-9)11-5-3-2-4-10(11)6-7-13/h2-5,8,14H,6-7,13H2,1H3. The van der Waals surface area contributed by atoms with Crippen molar-refractivity contribution in [1.29, 1.82) is 0 Å². The van der Waals surface area contributed by atoms with Crippen molar-refractivity contribution in [1.82, 2.24) is 9.78 Å². The maximum absolute atomic E-state index is 11.7. The molecule has 0 aliphatic carbocycles. The maximum Gasteiger partial charge on any atom is 0.271 e. The summed E-state index contributed by atoms with van der Waals surface area (Å²) >= 11 is 0. The second kappa shape index (κ2) is 4.37. The summed E-state index contributed by atoms with van der Waals surface area (Å²) in [5.41, 5.74) is 8.33. The highest BCUT2D eigenvalue weighted by Gasteiger charge is 2.06. The monoisotopic (exact) mass is 217 g/mol. The van der Waals surface area contributed by atoms with Crippen LogP contribution in [0.4, 0.5) is 0 Å². The fourth-order valence-corrected chi connectivity index (χ4v) is 1.79. The van der Waals surface area contributed by atoms with Crippen molar-refractivity contribution in [3.05, 3.63) is 51.9 Å². The highest BCUT2D eigenvalue weighted by molar-refractivity contribution is 5.40. The van der Waals surface area contributed by atoms with Gasteiger partial charge in [0.1, 0.15) is 0 Å². The second-order valence-corrected chi connectivity index (χ2v) is 3.78. The Morgan fingerprint density at radius 2 is 2.12 bits per heavy atom. The first kappa shape index (κ1) is 10.7. The molecule has 0 saturated carbocycles. The molecule has 1 heterocycles. The van der Waals surface area contributed by atoms with Crippen LogP contribution >= 0.6 is 0 Å². The third-order valence-corrected chi connectivity index (χ3v) is 2.49. The van der Waals surface area contributed by atoms with Crippen LogP contribution in [0.25, 0.3) is 5.69 Å². The van der Waals surface area contributed by atoms with Gasteiger partial charge in [-0.15, -0.1) is 0 Å². The number of hydrogen-bond donors (Lipinski definition) is 2. The molecular weight excluding hydrogens is 202 g/mol. The van der Waals surface area contributed by atoms with Gasteiger partial charge in [-0.25, -0.2) is 4.68 Å². The van der Waals surface area contributed by atoms with Crippen LogP contribution in [-0.4, -0.2) is 16.3 Å². The molecule has 0 aliphatic rings. The normalized spacial score (nSPS) is 10.6. The van der Waals surface area contributed by atoms with Gasteiger partial charge in [0.15, 0.2) is 0 Å². The Morgan fingerprint density at radius 3 is 2.75 bits per heavy atom. The van der Waals surface area contributed by atoms with Crippen molar-refractivity contribution < 1.29 is 0 Å². The van der Waals surface area contributed by atoms with Crippen LogP contribution in [-0.2, 0) is 6.42 Å². The Hall–Kier alpha value is -1.81. The van der Waals surface area contributed by atoms with Crippen LogP contribution in [0.5, 0.6) is 0 Å². The molecule has 1 aromatic heterocycles. The first-order valence-corrected chi connectivity index (χ1v) is 5.29. The van der Waals surface area contributed by atoms with E-state index in [0.29, 0.717) is 6.54 Å². The Labute approximate surface area is 93.7 Å². The second-order valence-electron chi connectivity index (χ2n) is 3.78. The molecule has 2 aromatic rings. The molecule has 4 nitrogen and oxygen atoms in total. The van der Waals surface area contributed by atoms with Gasteiger partial charge in [-0.05, 0) is 31.5 Å². The van der Waals surface area contributed by atoms with Gasteiger partial charge in [0, 0.05) is 11.8 Å². The van der Waals surface area contributed by atoms with Gasteiger partial charge in [-0.1, -0.05) is 18.2 Å². The lowest BCUT2D eigenvalue weighted by Crippen LogP contribution is -2.16. The van der Waals surface area contributed by atoms with Gasteiger partial charge in [-0.3, -0.25) is 9.89 Å². The van der Waals surface area contributed by atoms with Crippen molar-refractivity contribution >= 4 is 0 Å². The Morgan fingerprint density at radius 1 is 1.38 bits per heavy atom. The largest absolute Gasteiger partial charge is 0.330 e. The number of H-pyrrole nitrogens is 1. The molecule has 4 heteroatoms. The van der Waals surface area contributed by atoms with Gasteiger partial charge in [-0.2, -0.15) is 0 Å². The molecule has 0 radical (unpaired) electrons. The van der Waals surface area contributed by atoms with E-state index in [4.69, 9.17) is 5.73 Å². The van der Waals surface area contributed by atoms with Crippen molar-refractivity contribution in [3.63, 3.8) is 0 Å². The number of aromatic amines is 1. The summed E-state index contributed by atoms with van der Waals surface area (Å²) in [5.74, 6) is 0. The number of hydrogen-bond acceptors (Lipinski definition) is 2. The first-order chi connectivity index (χ1) is 7.72. The SMILES string of the molecule is Cc1cc(=O)n(-c2ccccc2CCN)[nH]1. The predicted molar refractivity (Wildman–Crippen MR) is 63.9 cm³/mol. The maximum atomic E-state index is 11.7. The number of benzene rings is 1. The van der Waals surface area contributed by atoms with E-state index < -0.39 is 0 Å². The number of aromatic nitrogens is 2. The minimum atomic E-state index is -0.0398. The highest BCUT2D eigenvalue weighted by Crippen LogP contribution is 2.12. The number of para-hydroxylation sites is 1. The third kappa shape index (κ3) is 1.92. The Bertz CT molecular complexity index is 539. The molecule has 16 heavy (non-hydrogen) atoms. The highest BCUT2D eigenvalue weighted by atomic mass is 16.1. The van der Waals surface area contributed by atoms with E-state index in [1.807, 2.05) is 31.2 Å². The average Bonchev–Trinajstić information content (AvgIpc) is 2.59. The molecule has 0 saturated heterocycles. The van der Waals surface area contributed by atoms with E-state index in [-0.39, 0.29) is 5.56 Å². The quantitative estimate of drug-likeness (QED) is 0.804. The average molecular weight is 217 g/mol. The van der Waals surface area contributed by atoms with Crippen molar-refractivity contribution in [2.45, 2.75) is 13.3 Å². The molecule has 0 aliphatic heterocycles. The van der Waals surface area contributed by atoms with E-state index in [1.165, 1.54) is 0 Å². The van der Waals surface area contributed by atoms with Crippen LogP contribution in [0.3, 0.4) is 0 Å². The summed E-state index contributed by atoms with van der Waals surface area (Å²) < 4.78 is 1.56. The molecule has 0 spiro atoms. The van der Waals surface area contributed by atoms with E-state index in [1.54, 1.807) is 10.7 Å². The summed E-state index contributed by atoms with van der Waals surface area (Å²) in [4.78, 5) is 11.7. The zero-order valence-corrected chi connectivity index (χ0v) is 9.23. The lowest BCUT2D eigenvalue weighted by atomic mass is 10.1. The molecule has 0 bridgehead atoms. The molecule has 1 aromatic carbocycles. The molecule has 0 unspecified atom stereocenters. The zero-order valence-electron chi connectivity index (χ0n) is 9.23. The summed E-state index contributed by atoms with van der Waals surface area (Å²) in [6.45, 7) is 2.44. The minimum Gasteiger partial charge on any atom is -0.330 e. The predicted octanol–water partition coefficient (Wildman–Crippen LogP) is 0.975. The molecule has 0 atom stereocenters. The molecular formula is C12H15N3O. The number of nitrogens with one attached hydrogen (secondary N) is 1. The van der Waals surface area contributed by atoms with Gasteiger partial charge in [0.2, 0.25) is 0 Å². The number of rotatable bonds is 3. The van der Waals surface area contributed by atoms with E-state index in [0.717, 1.165) is 23.4 Å². The number of aryl methyl sites for hydroxylation is 1. The van der Waals surface area contributed by atoms with Crippen molar-refractivity contribution in [2.75, 3.05) is 6.54 Å². The van der Waals surface area contributed by atoms with E-state index >= 15 is 0 Å². The van der Waals surface area contributed by atoms with Crippen LogP contribution in [0.15, 0.2) is 35.1 Å². The van der Waals surface area contributed by atoms with Crippen LogP contribution in [0, 0.1) is 6.92 Å². The zero-order chi connectivity index (χ0) is 11.5. The van der Waals surface area contributed by atoms with Gasteiger partial charge >= 0.3 is 0 Å². The molecule has 84 valence electrons. The molecule has 3 N–H and O–H groups in total. The summed E-state index contributed by atoms with van der Waals surface area (Å²) in [5, 5.41) is 3.02. The number of nitrogens with zero attached hydrogens (tertiary/aromatic N) is 1.